The lowest BCUT2D eigenvalue weighted by Crippen LogP contribution is -2.28. The molecule has 0 atom stereocenters. The van der Waals surface area contributed by atoms with E-state index in [-0.39, 0.29) is 11.3 Å². The van der Waals surface area contributed by atoms with Crippen LogP contribution in [-0.2, 0) is 6.42 Å². The van der Waals surface area contributed by atoms with Gasteiger partial charge in [-0.3, -0.25) is 9.78 Å². The first-order valence-corrected chi connectivity index (χ1v) is 6.41. The van der Waals surface area contributed by atoms with Gasteiger partial charge in [0.15, 0.2) is 0 Å². The van der Waals surface area contributed by atoms with Gasteiger partial charge < -0.3 is 10.4 Å². The average molecular weight is 277 g/mol. The van der Waals surface area contributed by atoms with Crippen LogP contribution in [0.5, 0.6) is 0 Å². The lowest BCUT2D eigenvalue weighted by atomic mass is 10.2. The number of aromatic nitrogens is 2. The van der Waals surface area contributed by atoms with Gasteiger partial charge in [0.1, 0.15) is 5.69 Å². The number of nitrogens with zero attached hydrogens (tertiary/aromatic N) is 2. The third kappa shape index (κ3) is 3.35. The molecular weight excluding hydrogens is 266 g/mol. The van der Waals surface area contributed by atoms with Crippen LogP contribution in [0.15, 0.2) is 29.9 Å². The Balaban J connectivity index is 1.98. The standard InChI is InChI=1S/C12H11N3O3S/c16-11(15-5-3-9-13-6-7-19-9)10-8(12(17)18)2-1-4-14-10/h1-2,4,6-7H,3,5H2,(H,15,16)(H,17,18). The number of rotatable bonds is 5. The minimum absolute atomic E-state index is 0.0749. The van der Waals surface area contributed by atoms with Crippen molar-refractivity contribution in [3.8, 4) is 0 Å². The van der Waals surface area contributed by atoms with E-state index in [0.29, 0.717) is 13.0 Å². The van der Waals surface area contributed by atoms with Crippen LogP contribution in [0.25, 0.3) is 0 Å². The molecule has 2 rings (SSSR count). The van der Waals surface area contributed by atoms with E-state index in [9.17, 15) is 9.59 Å². The van der Waals surface area contributed by atoms with E-state index >= 15 is 0 Å². The van der Waals surface area contributed by atoms with Crippen LogP contribution in [-0.4, -0.2) is 33.5 Å². The van der Waals surface area contributed by atoms with Gasteiger partial charge in [-0.15, -0.1) is 11.3 Å². The number of amides is 1. The molecule has 0 fully saturated rings. The average Bonchev–Trinajstić information content (AvgIpc) is 2.91. The number of hydrogen-bond acceptors (Lipinski definition) is 5. The van der Waals surface area contributed by atoms with Crippen molar-refractivity contribution in [1.29, 1.82) is 0 Å². The molecule has 98 valence electrons. The maximum Gasteiger partial charge on any atom is 0.338 e. The van der Waals surface area contributed by atoms with E-state index in [4.69, 9.17) is 5.11 Å². The molecule has 0 aliphatic carbocycles. The largest absolute Gasteiger partial charge is 0.478 e. The van der Waals surface area contributed by atoms with Gasteiger partial charge in [-0.25, -0.2) is 9.78 Å². The molecule has 2 aromatic heterocycles. The van der Waals surface area contributed by atoms with Crippen LogP contribution in [0.1, 0.15) is 25.9 Å². The topological polar surface area (TPSA) is 92.2 Å². The molecule has 19 heavy (non-hydrogen) atoms. The summed E-state index contributed by atoms with van der Waals surface area (Å²) in [6.07, 6.45) is 3.70. The summed E-state index contributed by atoms with van der Waals surface area (Å²) >= 11 is 1.51. The number of carbonyl (C=O) groups excluding carboxylic acids is 1. The van der Waals surface area contributed by atoms with Crippen molar-refractivity contribution in [2.45, 2.75) is 6.42 Å². The Morgan fingerprint density at radius 1 is 1.32 bits per heavy atom. The predicted molar refractivity (Wildman–Crippen MR) is 69.3 cm³/mol. The summed E-state index contributed by atoms with van der Waals surface area (Å²) in [7, 11) is 0. The Bertz CT molecular complexity index is 584. The minimum atomic E-state index is -1.17. The molecule has 0 aliphatic rings. The molecule has 0 spiro atoms. The van der Waals surface area contributed by atoms with E-state index in [1.807, 2.05) is 5.38 Å². The van der Waals surface area contributed by atoms with Gasteiger partial charge in [-0.05, 0) is 12.1 Å². The Labute approximate surface area is 113 Å². The van der Waals surface area contributed by atoms with Gasteiger partial charge in [-0.2, -0.15) is 0 Å². The molecule has 0 saturated carbocycles. The molecule has 7 heteroatoms. The van der Waals surface area contributed by atoms with Crippen molar-refractivity contribution in [2.24, 2.45) is 0 Å². The van der Waals surface area contributed by atoms with Gasteiger partial charge in [0.05, 0.1) is 10.6 Å². The number of pyridine rings is 1. The van der Waals surface area contributed by atoms with E-state index in [1.165, 1.54) is 29.7 Å². The van der Waals surface area contributed by atoms with Crippen LogP contribution in [0, 0.1) is 0 Å². The molecule has 0 aliphatic heterocycles. The zero-order valence-corrected chi connectivity index (χ0v) is 10.7. The maximum absolute atomic E-state index is 11.8. The second kappa shape index (κ2) is 6.05. The number of nitrogens with one attached hydrogen (secondary N) is 1. The first kappa shape index (κ1) is 13.2. The Morgan fingerprint density at radius 3 is 2.84 bits per heavy atom. The molecule has 2 N–H and O–H groups in total. The zero-order chi connectivity index (χ0) is 13.7. The normalized spacial score (nSPS) is 10.1. The highest BCUT2D eigenvalue weighted by Gasteiger charge is 2.16. The SMILES string of the molecule is O=C(O)c1cccnc1C(=O)NCCc1nccs1. The second-order valence-corrected chi connectivity index (χ2v) is 4.62. The number of carboxylic acid groups (broad SMARTS) is 1. The van der Waals surface area contributed by atoms with E-state index in [1.54, 1.807) is 6.20 Å². The summed E-state index contributed by atoms with van der Waals surface area (Å²) < 4.78 is 0. The molecule has 2 aromatic rings. The van der Waals surface area contributed by atoms with Crippen LogP contribution in [0.3, 0.4) is 0 Å². The molecule has 0 saturated heterocycles. The monoisotopic (exact) mass is 277 g/mol. The molecule has 0 aromatic carbocycles. The third-order valence-electron chi connectivity index (χ3n) is 2.36. The Morgan fingerprint density at radius 2 is 2.16 bits per heavy atom. The summed E-state index contributed by atoms with van der Waals surface area (Å²) in [6, 6.07) is 2.83. The Kier molecular flexibility index (Phi) is 4.19. The summed E-state index contributed by atoms with van der Waals surface area (Å²) in [5, 5.41) is 14.4. The van der Waals surface area contributed by atoms with Crippen molar-refractivity contribution in [3.05, 3.63) is 46.2 Å². The quantitative estimate of drug-likeness (QED) is 0.857. The predicted octanol–water partition coefficient (Wildman–Crippen LogP) is 1.21. The number of carboxylic acids is 1. The van der Waals surface area contributed by atoms with E-state index < -0.39 is 11.9 Å². The lowest BCUT2D eigenvalue weighted by Gasteiger charge is -2.05. The van der Waals surface area contributed by atoms with Crippen LogP contribution in [0.2, 0.25) is 0 Å². The van der Waals surface area contributed by atoms with Gasteiger partial charge in [0.2, 0.25) is 0 Å². The summed E-state index contributed by atoms with van der Waals surface area (Å²) in [4.78, 5) is 30.7. The molecule has 0 unspecified atom stereocenters. The summed E-state index contributed by atoms with van der Waals surface area (Å²) in [6.45, 7) is 0.391. The highest BCUT2D eigenvalue weighted by Crippen LogP contribution is 2.06. The van der Waals surface area contributed by atoms with Crippen LogP contribution >= 0.6 is 11.3 Å². The number of hydrogen-bond donors (Lipinski definition) is 2. The first-order chi connectivity index (χ1) is 9.18. The molecule has 6 nitrogen and oxygen atoms in total. The molecule has 0 bridgehead atoms. The summed E-state index contributed by atoms with van der Waals surface area (Å²) in [5.41, 5.74) is -0.177. The van der Waals surface area contributed by atoms with Crippen molar-refractivity contribution in [1.82, 2.24) is 15.3 Å². The fourth-order valence-corrected chi connectivity index (χ4v) is 2.12. The maximum atomic E-state index is 11.8. The van der Waals surface area contributed by atoms with Crippen molar-refractivity contribution >= 4 is 23.2 Å². The van der Waals surface area contributed by atoms with Crippen molar-refractivity contribution in [2.75, 3.05) is 6.54 Å². The van der Waals surface area contributed by atoms with Crippen molar-refractivity contribution in [3.63, 3.8) is 0 Å². The van der Waals surface area contributed by atoms with Gasteiger partial charge in [0, 0.05) is 30.7 Å². The fourth-order valence-electron chi connectivity index (χ4n) is 1.50. The minimum Gasteiger partial charge on any atom is -0.478 e. The van der Waals surface area contributed by atoms with E-state index in [2.05, 4.69) is 15.3 Å². The van der Waals surface area contributed by atoms with Gasteiger partial charge in [0.25, 0.3) is 5.91 Å². The van der Waals surface area contributed by atoms with Crippen molar-refractivity contribution < 1.29 is 14.7 Å². The number of aromatic carboxylic acids is 1. The molecule has 1 amide bonds. The number of thiazole rings is 1. The molecular formula is C12H11N3O3S. The van der Waals surface area contributed by atoms with Crippen LogP contribution in [0.4, 0.5) is 0 Å². The van der Waals surface area contributed by atoms with Crippen LogP contribution < -0.4 is 5.32 Å². The van der Waals surface area contributed by atoms with Gasteiger partial charge >= 0.3 is 5.97 Å². The smallest absolute Gasteiger partial charge is 0.338 e. The highest BCUT2D eigenvalue weighted by molar-refractivity contribution is 7.09. The van der Waals surface area contributed by atoms with Gasteiger partial charge in [-0.1, -0.05) is 0 Å². The number of carbonyl (C=O) groups is 2. The molecule has 2 heterocycles. The first-order valence-electron chi connectivity index (χ1n) is 5.53. The molecule has 0 radical (unpaired) electrons. The zero-order valence-electron chi connectivity index (χ0n) is 9.87. The third-order valence-corrected chi connectivity index (χ3v) is 3.20. The highest BCUT2D eigenvalue weighted by atomic mass is 32.1. The lowest BCUT2D eigenvalue weighted by molar-refractivity contribution is 0.0690. The fraction of sp³-hybridized carbons (Fsp3) is 0.167. The second-order valence-electron chi connectivity index (χ2n) is 3.64. The van der Waals surface area contributed by atoms with E-state index in [0.717, 1.165) is 5.01 Å². The summed E-state index contributed by atoms with van der Waals surface area (Å²) in [5.74, 6) is -1.66. The Hall–Kier alpha value is -2.28.